The zero-order valence-electron chi connectivity index (χ0n) is 12.3. The molecule has 0 saturated carbocycles. The molecule has 1 heterocycles. The van der Waals surface area contributed by atoms with Crippen LogP contribution in [0.2, 0.25) is 0 Å². The molecule has 8 nitrogen and oxygen atoms in total. The van der Waals surface area contributed by atoms with E-state index in [1.54, 1.807) is 12.1 Å². The molecule has 10 heteroatoms. The van der Waals surface area contributed by atoms with Crippen molar-refractivity contribution in [3.63, 3.8) is 0 Å². The molecule has 0 spiro atoms. The predicted octanol–water partition coefficient (Wildman–Crippen LogP) is 1.74. The molecule has 23 heavy (non-hydrogen) atoms. The first kappa shape index (κ1) is 17.3. The van der Waals surface area contributed by atoms with Crippen molar-refractivity contribution in [3.8, 4) is 5.75 Å². The van der Waals surface area contributed by atoms with E-state index < -0.39 is 0 Å². The number of benzene rings is 1. The van der Waals surface area contributed by atoms with Gasteiger partial charge in [-0.3, -0.25) is 15.4 Å². The number of hydrogen-bond acceptors (Lipinski definition) is 6. The maximum atomic E-state index is 11.8. The number of nitrogens with zero attached hydrogens (tertiary/aromatic N) is 4. The molecule has 0 aliphatic carbocycles. The van der Waals surface area contributed by atoms with Gasteiger partial charge in [0.1, 0.15) is 5.75 Å². The number of tetrazole rings is 1. The Balaban J connectivity index is 1.75. The number of hydrogen-bond donors (Lipinski definition) is 2. The van der Waals surface area contributed by atoms with Gasteiger partial charge in [0.15, 0.2) is 11.7 Å². The standard InChI is InChI=1S/C13H15BrN6O2S/c1-2-7-20-18-12(17-19-20)16-13(23)15-11(21)8-22-10-5-3-9(14)4-6-10/h3-6H,2,7-8H2,1H3,(H2,15,16,18,21,23). The highest BCUT2D eigenvalue weighted by Gasteiger charge is 2.08. The van der Waals surface area contributed by atoms with Gasteiger partial charge in [-0.05, 0) is 48.1 Å². The monoisotopic (exact) mass is 398 g/mol. The molecule has 0 aliphatic rings. The molecule has 122 valence electrons. The fourth-order valence-corrected chi connectivity index (χ4v) is 2.03. The molecule has 2 aromatic rings. The van der Waals surface area contributed by atoms with Crippen LogP contribution in [-0.4, -0.2) is 37.8 Å². The molecular formula is C13H15BrN6O2S. The minimum atomic E-state index is -0.383. The second-order valence-corrected chi connectivity index (χ2v) is 5.78. The van der Waals surface area contributed by atoms with Crippen LogP contribution >= 0.6 is 28.1 Å². The zero-order chi connectivity index (χ0) is 16.7. The van der Waals surface area contributed by atoms with Crippen molar-refractivity contribution < 1.29 is 9.53 Å². The van der Waals surface area contributed by atoms with Crippen LogP contribution in [0.3, 0.4) is 0 Å². The van der Waals surface area contributed by atoms with Crippen molar-refractivity contribution >= 4 is 45.1 Å². The molecule has 0 fully saturated rings. The summed E-state index contributed by atoms with van der Waals surface area (Å²) in [5, 5.41) is 16.9. The van der Waals surface area contributed by atoms with Gasteiger partial charge in [-0.25, -0.2) is 0 Å². The maximum absolute atomic E-state index is 11.8. The Morgan fingerprint density at radius 2 is 2.13 bits per heavy atom. The number of carbonyl (C=O) groups excluding carboxylic acids is 1. The number of anilines is 1. The highest BCUT2D eigenvalue weighted by molar-refractivity contribution is 9.10. The Labute approximate surface area is 146 Å². The normalized spacial score (nSPS) is 10.2. The third kappa shape index (κ3) is 5.91. The summed E-state index contributed by atoms with van der Waals surface area (Å²) in [4.78, 5) is 13.2. The lowest BCUT2D eigenvalue weighted by Gasteiger charge is -2.08. The average molecular weight is 399 g/mol. The number of rotatable bonds is 6. The van der Waals surface area contributed by atoms with Crippen molar-refractivity contribution in [2.24, 2.45) is 0 Å². The van der Waals surface area contributed by atoms with Crippen LogP contribution in [0.25, 0.3) is 0 Å². The predicted molar refractivity (Wildman–Crippen MR) is 92.1 cm³/mol. The molecule has 0 bridgehead atoms. The van der Waals surface area contributed by atoms with Gasteiger partial charge in [0, 0.05) is 4.47 Å². The van der Waals surface area contributed by atoms with E-state index in [4.69, 9.17) is 17.0 Å². The van der Waals surface area contributed by atoms with Gasteiger partial charge < -0.3 is 4.74 Å². The van der Waals surface area contributed by atoms with Crippen molar-refractivity contribution in [1.29, 1.82) is 0 Å². The van der Waals surface area contributed by atoms with Crippen LogP contribution in [0.5, 0.6) is 5.75 Å². The van der Waals surface area contributed by atoms with Gasteiger partial charge in [0.05, 0.1) is 6.54 Å². The third-order valence-electron chi connectivity index (χ3n) is 2.54. The van der Waals surface area contributed by atoms with E-state index in [2.05, 4.69) is 42.0 Å². The van der Waals surface area contributed by atoms with Crippen LogP contribution in [0.4, 0.5) is 5.95 Å². The summed E-state index contributed by atoms with van der Waals surface area (Å²) >= 11 is 8.33. The van der Waals surface area contributed by atoms with Crippen LogP contribution in [-0.2, 0) is 11.3 Å². The molecule has 2 N–H and O–H groups in total. The summed E-state index contributed by atoms with van der Waals surface area (Å²) in [5.74, 6) is 0.440. The van der Waals surface area contributed by atoms with Crippen LogP contribution in [0.1, 0.15) is 13.3 Å². The molecule has 1 aromatic heterocycles. The first-order valence-corrected chi connectivity index (χ1v) is 8.04. The highest BCUT2D eigenvalue weighted by Crippen LogP contribution is 2.15. The summed E-state index contributed by atoms with van der Waals surface area (Å²) in [5.41, 5.74) is 0. The smallest absolute Gasteiger partial charge is 0.269 e. The SMILES string of the molecule is CCCn1nnc(NC(=S)NC(=O)COc2ccc(Br)cc2)n1. The number of aryl methyl sites for hydroxylation is 1. The summed E-state index contributed by atoms with van der Waals surface area (Å²) in [7, 11) is 0. The van der Waals surface area contributed by atoms with E-state index in [9.17, 15) is 4.79 Å². The van der Waals surface area contributed by atoms with E-state index in [1.807, 2.05) is 19.1 Å². The van der Waals surface area contributed by atoms with Gasteiger partial charge in [0.2, 0.25) is 0 Å². The van der Waals surface area contributed by atoms with Crippen molar-refractivity contribution in [3.05, 3.63) is 28.7 Å². The first-order valence-electron chi connectivity index (χ1n) is 6.84. The van der Waals surface area contributed by atoms with Crippen molar-refractivity contribution in [2.45, 2.75) is 19.9 Å². The number of halogens is 1. The average Bonchev–Trinajstić information content (AvgIpc) is 2.94. The molecule has 0 atom stereocenters. The van der Waals surface area contributed by atoms with Crippen LogP contribution < -0.4 is 15.4 Å². The lowest BCUT2D eigenvalue weighted by molar-refractivity contribution is -0.121. The van der Waals surface area contributed by atoms with E-state index in [0.29, 0.717) is 12.3 Å². The molecule has 1 aromatic carbocycles. The van der Waals surface area contributed by atoms with Gasteiger partial charge in [-0.15, -0.1) is 5.10 Å². The van der Waals surface area contributed by atoms with E-state index >= 15 is 0 Å². The highest BCUT2D eigenvalue weighted by atomic mass is 79.9. The Hall–Kier alpha value is -2.07. The molecule has 1 amide bonds. The molecule has 0 saturated heterocycles. The van der Waals surface area contributed by atoms with Crippen molar-refractivity contribution in [2.75, 3.05) is 11.9 Å². The Morgan fingerprint density at radius 3 is 2.83 bits per heavy atom. The van der Waals surface area contributed by atoms with Crippen LogP contribution in [0, 0.1) is 0 Å². The van der Waals surface area contributed by atoms with E-state index in [0.717, 1.165) is 10.9 Å². The second-order valence-electron chi connectivity index (χ2n) is 4.45. The lowest BCUT2D eigenvalue weighted by Crippen LogP contribution is -2.37. The molecule has 2 rings (SSSR count). The first-order chi connectivity index (χ1) is 11.1. The number of aromatic nitrogens is 4. The van der Waals surface area contributed by atoms with Gasteiger partial charge in [0.25, 0.3) is 11.9 Å². The summed E-state index contributed by atoms with van der Waals surface area (Å²) in [6, 6.07) is 7.16. The number of nitrogens with one attached hydrogen (secondary N) is 2. The minimum Gasteiger partial charge on any atom is -0.484 e. The topological polar surface area (TPSA) is 94.0 Å². The summed E-state index contributed by atoms with van der Waals surface area (Å²) in [6.45, 7) is 2.51. The number of carbonyl (C=O) groups is 1. The summed E-state index contributed by atoms with van der Waals surface area (Å²) < 4.78 is 6.28. The quantitative estimate of drug-likeness (QED) is 0.715. The van der Waals surface area contributed by atoms with Gasteiger partial charge in [-0.2, -0.15) is 4.80 Å². The number of thiocarbonyl (C=S) groups is 1. The maximum Gasteiger partial charge on any atom is 0.269 e. The third-order valence-corrected chi connectivity index (χ3v) is 3.27. The second kappa shape index (κ2) is 8.53. The fourth-order valence-electron chi connectivity index (χ4n) is 1.56. The van der Waals surface area contributed by atoms with E-state index in [1.165, 1.54) is 4.80 Å². The Morgan fingerprint density at radius 1 is 1.39 bits per heavy atom. The zero-order valence-corrected chi connectivity index (χ0v) is 14.7. The minimum absolute atomic E-state index is 0.0884. The van der Waals surface area contributed by atoms with Crippen LogP contribution in [0.15, 0.2) is 28.7 Å². The molecule has 0 unspecified atom stereocenters. The number of ether oxygens (including phenoxy) is 1. The lowest BCUT2D eigenvalue weighted by atomic mass is 10.3. The fraction of sp³-hybridized carbons (Fsp3) is 0.308. The summed E-state index contributed by atoms with van der Waals surface area (Å²) in [6.07, 6.45) is 0.893. The van der Waals surface area contributed by atoms with Gasteiger partial charge >= 0.3 is 0 Å². The molecule has 0 radical (unpaired) electrons. The largest absolute Gasteiger partial charge is 0.484 e. The van der Waals surface area contributed by atoms with Gasteiger partial charge in [-0.1, -0.05) is 28.0 Å². The Kier molecular flexibility index (Phi) is 6.41. The molecular weight excluding hydrogens is 384 g/mol. The van der Waals surface area contributed by atoms with Crippen molar-refractivity contribution in [1.82, 2.24) is 25.5 Å². The Bertz CT molecular complexity index is 675. The number of amides is 1. The molecule has 0 aliphatic heterocycles. The van der Waals surface area contributed by atoms with E-state index in [-0.39, 0.29) is 23.6 Å².